The van der Waals surface area contributed by atoms with Gasteiger partial charge in [0.15, 0.2) is 0 Å². The maximum Gasteiger partial charge on any atom is 0.317 e. The topological polar surface area (TPSA) is 54.5 Å². The molecule has 1 unspecified atom stereocenters. The minimum absolute atomic E-state index is 0.0455. The summed E-state index contributed by atoms with van der Waals surface area (Å²) in [6.45, 7) is 3.47. The molecule has 5 nitrogen and oxygen atoms in total. The molecule has 24 heavy (non-hydrogen) atoms. The lowest BCUT2D eigenvalue weighted by Gasteiger charge is -2.18. The summed E-state index contributed by atoms with van der Waals surface area (Å²) in [5, 5.41) is 2.85. The molecule has 0 aliphatic carbocycles. The van der Waals surface area contributed by atoms with Gasteiger partial charge in [0.2, 0.25) is 5.88 Å². The van der Waals surface area contributed by atoms with E-state index in [9.17, 15) is 9.18 Å². The van der Waals surface area contributed by atoms with Crippen molar-refractivity contribution in [1.29, 1.82) is 0 Å². The van der Waals surface area contributed by atoms with E-state index in [1.807, 2.05) is 25.1 Å². The van der Waals surface area contributed by atoms with Crippen molar-refractivity contribution in [2.24, 2.45) is 0 Å². The van der Waals surface area contributed by atoms with Gasteiger partial charge >= 0.3 is 6.03 Å². The quantitative estimate of drug-likeness (QED) is 0.938. The van der Waals surface area contributed by atoms with Crippen LogP contribution in [-0.4, -0.2) is 35.1 Å². The van der Waals surface area contributed by atoms with Crippen molar-refractivity contribution in [3.63, 3.8) is 0 Å². The summed E-state index contributed by atoms with van der Waals surface area (Å²) in [4.78, 5) is 18.3. The Labute approximate surface area is 140 Å². The first kappa shape index (κ1) is 16.2. The highest BCUT2D eigenvalue weighted by Crippen LogP contribution is 2.17. The molecule has 6 heteroatoms. The van der Waals surface area contributed by atoms with Crippen LogP contribution < -0.4 is 10.1 Å². The average Bonchev–Trinajstić information content (AvgIpc) is 3.03. The van der Waals surface area contributed by atoms with E-state index >= 15 is 0 Å². The molecule has 0 saturated carbocycles. The Balaban J connectivity index is 1.48. The van der Waals surface area contributed by atoms with Crippen molar-refractivity contribution >= 4 is 6.03 Å². The van der Waals surface area contributed by atoms with E-state index in [1.54, 1.807) is 17.0 Å². The van der Waals surface area contributed by atoms with Gasteiger partial charge in [-0.1, -0.05) is 18.2 Å². The van der Waals surface area contributed by atoms with E-state index < -0.39 is 0 Å². The number of carbonyl (C=O) groups is 1. The second kappa shape index (κ2) is 7.29. The molecule has 1 fully saturated rings. The molecular weight excluding hydrogens is 309 g/mol. The number of hydrogen-bond donors (Lipinski definition) is 1. The standard InChI is InChI=1S/C18H20FN3O2/c1-13-3-2-4-17(21-13)24-16-9-10-22(12-16)18(23)20-11-14-5-7-15(19)8-6-14/h2-8,16H,9-12H2,1H3,(H,20,23). The number of urea groups is 1. The molecule has 2 amide bonds. The number of nitrogens with zero attached hydrogens (tertiary/aromatic N) is 2. The van der Waals surface area contributed by atoms with Gasteiger partial charge in [-0.3, -0.25) is 0 Å². The van der Waals surface area contributed by atoms with Crippen LogP contribution in [0.2, 0.25) is 0 Å². The summed E-state index contributed by atoms with van der Waals surface area (Å²) in [5.74, 6) is 0.308. The van der Waals surface area contributed by atoms with Gasteiger partial charge in [-0.05, 0) is 30.7 Å². The van der Waals surface area contributed by atoms with Gasteiger partial charge < -0.3 is 15.0 Å². The molecule has 1 N–H and O–H groups in total. The number of hydrogen-bond acceptors (Lipinski definition) is 3. The fourth-order valence-corrected chi connectivity index (χ4v) is 2.66. The van der Waals surface area contributed by atoms with Crippen LogP contribution in [0.5, 0.6) is 5.88 Å². The van der Waals surface area contributed by atoms with Gasteiger partial charge in [0.1, 0.15) is 11.9 Å². The van der Waals surface area contributed by atoms with Gasteiger partial charge in [0.05, 0.1) is 6.54 Å². The Kier molecular flexibility index (Phi) is 4.93. The van der Waals surface area contributed by atoms with E-state index in [4.69, 9.17) is 4.74 Å². The van der Waals surface area contributed by atoms with E-state index in [-0.39, 0.29) is 18.0 Å². The van der Waals surface area contributed by atoms with Gasteiger partial charge in [-0.15, -0.1) is 0 Å². The Morgan fingerprint density at radius 1 is 1.33 bits per heavy atom. The Hall–Kier alpha value is -2.63. The number of rotatable bonds is 4. The second-order valence-corrected chi connectivity index (χ2v) is 5.88. The molecule has 1 aliphatic rings. The number of amides is 2. The number of likely N-dealkylation sites (tertiary alicyclic amines) is 1. The Morgan fingerprint density at radius 2 is 2.12 bits per heavy atom. The highest BCUT2D eigenvalue weighted by molar-refractivity contribution is 5.74. The molecule has 1 aromatic carbocycles. The molecular formula is C18H20FN3O2. The van der Waals surface area contributed by atoms with E-state index in [0.717, 1.165) is 17.7 Å². The normalized spacial score (nSPS) is 16.9. The van der Waals surface area contributed by atoms with Crippen molar-refractivity contribution in [3.05, 3.63) is 59.5 Å². The minimum Gasteiger partial charge on any atom is -0.472 e. The van der Waals surface area contributed by atoms with Gasteiger partial charge in [-0.2, -0.15) is 0 Å². The SMILES string of the molecule is Cc1cccc(OC2CCN(C(=O)NCc3ccc(F)cc3)C2)n1. The number of aryl methyl sites for hydroxylation is 1. The van der Waals surface area contributed by atoms with Crippen LogP contribution in [0.25, 0.3) is 0 Å². The molecule has 2 heterocycles. The van der Waals surface area contributed by atoms with Gasteiger partial charge in [-0.25, -0.2) is 14.2 Å². The Bertz CT molecular complexity index is 706. The van der Waals surface area contributed by atoms with E-state index in [2.05, 4.69) is 10.3 Å². The molecule has 0 radical (unpaired) electrons. The largest absolute Gasteiger partial charge is 0.472 e. The Morgan fingerprint density at radius 3 is 2.88 bits per heavy atom. The monoisotopic (exact) mass is 329 g/mol. The predicted molar refractivity (Wildman–Crippen MR) is 88.2 cm³/mol. The number of nitrogens with one attached hydrogen (secondary N) is 1. The van der Waals surface area contributed by atoms with Crippen molar-refractivity contribution in [1.82, 2.24) is 15.2 Å². The third-order valence-electron chi connectivity index (χ3n) is 3.94. The highest BCUT2D eigenvalue weighted by atomic mass is 19.1. The molecule has 0 bridgehead atoms. The van der Waals surface area contributed by atoms with Crippen LogP contribution in [0.3, 0.4) is 0 Å². The molecule has 3 rings (SSSR count). The first-order valence-corrected chi connectivity index (χ1v) is 7.98. The van der Waals surface area contributed by atoms with Crippen LogP contribution in [0.4, 0.5) is 9.18 Å². The lowest BCUT2D eigenvalue weighted by Crippen LogP contribution is -2.39. The molecule has 1 saturated heterocycles. The van der Waals surface area contributed by atoms with Crippen LogP contribution >= 0.6 is 0 Å². The summed E-state index contributed by atoms with van der Waals surface area (Å²) in [6.07, 6.45) is 0.732. The molecule has 1 aromatic heterocycles. The zero-order valence-corrected chi connectivity index (χ0v) is 13.5. The second-order valence-electron chi connectivity index (χ2n) is 5.88. The number of benzene rings is 1. The summed E-state index contributed by atoms with van der Waals surface area (Å²) < 4.78 is 18.7. The number of ether oxygens (including phenoxy) is 1. The smallest absolute Gasteiger partial charge is 0.317 e. The summed E-state index contributed by atoms with van der Waals surface area (Å²) in [6, 6.07) is 11.6. The van der Waals surface area contributed by atoms with Crippen molar-refractivity contribution in [2.75, 3.05) is 13.1 Å². The zero-order valence-electron chi connectivity index (χ0n) is 13.5. The fraction of sp³-hybridized carbons (Fsp3) is 0.333. The third-order valence-corrected chi connectivity index (χ3v) is 3.94. The number of pyridine rings is 1. The van der Waals surface area contributed by atoms with Crippen molar-refractivity contribution < 1.29 is 13.9 Å². The first-order chi connectivity index (χ1) is 11.6. The molecule has 0 spiro atoms. The van der Waals surface area contributed by atoms with Crippen LogP contribution in [0.15, 0.2) is 42.5 Å². The van der Waals surface area contributed by atoms with E-state index in [1.165, 1.54) is 12.1 Å². The molecule has 1 atom stereocenters. The molecule has 1 aliphatic heterocycles. The summed E-state index contributed by atoms with van der Waals surface area (Å²) in [7, 11) is 0. The lowest BCUT2D eigenvalue weighted by molar-refractivity contribution is 0.183. The van der Waals surface area contributed by atoms with Crippen LogP contribution in [-0.2, 0) is 6.54 Å². The number of aromatic nitrogens is 1. The molecule has 2 aromatic rings. The predicted octanol–water partition coefficient (Wildman–Crippen LogP) is 2.89. The summed E-state index contributed by atoms with van der Waals surface area (Å²) >= 11 is 0. The van der Waals surface area contributed by atoms with E-state index in [0.29, 0.717) is 25.5 Å². The number of halogens is 1. The molecule has 126 valence electrons. The maximum atomic E-state index is 12.9. The highest BCUT2D eigenvalue weighted by Gasteiger charge is 2.27. The number of carbonyl (C=O) groups excluding carboxylic acids is 1. The first-order valence-electron chi connectivity index (χ1n) is 7.98. The van der Waals surface area contributed by atoms with Crippen molar-refractivity contribution in [3.8, 4) is 5.88 Å². The van der Waals surface area contributed by atoms with Crippen molar-refractivity contribution in [2.45, 2.75) is 26.0 Å². The van der Waals surface area contributed by atoms with Gasteiger partial charge in [0, 0.05) is 31.3 Å². The lowest BCUT2D eigenvalue weighted by atomic mass is 10.2. The minimum atomic E-state index is -0.283. The van der Waals surface area contributed by atoms with Gasteiger partial charge in [0.25, 0.3) is 0 Å². The average molecular weight is 329 g/mol. The van der Waals surface area contributed by atoms with Crippen LogP contribution in [0, 0.1) is 12.7 Å². The third kappa shape index (κ3) is 4.22. The maximum absolute atomic E-state index is 12.9. The van der Waals surface area contributed by atoms with Crippen LogP contribution in [0.1, 0.15) is 17.7 Å². The summed E-state index contributed by atoms with van der Waals surface area (Å²) in [5.41, 5.74) is 1.76. The zero-order chi connectivity index (χ0) is 16.9. The fourth-order valence-electron chi connectivity index (χ4n) is 2.66.